The summed E-state index contributed by atoms with van der Waals surface area (Å²) < 4.78 is 0. The number of hydrogen-bond donors (Lipinski definition) is 2. The van der Waals surface area contributed by atoms with Crippen molar-refractivity contribution in [1.82, 2.24) is 19.9 Å². The third-order valence-electron chi connectivity index (χ3n) is 3.34. The maximum atomic E-state index is 10.7. The van der Waals surface area contributed by atoms with Crippen molar-refractivity contribution in [1.29, 1.82) is 0 Å². The molecule has 0 aliphatic rings. The quantitative estimate of drug-likeness (QED) is 0.684. The number of rotatable bonds is 6. The van der Waals surface area contributed by atoms with Gasteiger partial charge in [-0.2, -0.15) is 0 Å². The summed E-state index contributed by atoms with van der Waals surface area (Å²) in [5.41, 5.74) is 2.47. The summed E-state index contributed by atoms with van der Waals surface area (Å²) in [6.07, 6.45) is 4.93. The van der Waals surface area contributed by atoms with Crippen molar-refractivity contribution in [3.8, 4) is 11.4 Å². The fraction of sp³-hybridized carbons (Fsp3) is 0.176. The summed E-state index contributed by atoms with van der Waals surface area (Å²) in [4.78, 5) is 26.9. The van der Waals surface area contributed by atoms with E-state index in [0.717, 1.165) is 29.2 Å². The second kappa shape index (κ2) is 6.83. The SMILES string of the molecule is CC(C=O)Cc1ncc(-c2ccnc(Nc3ccccc3)n2)[nH]1. The molecule has 23 heavy (non-hydrogen) atoms. The van der Waals surface area contributed by atoms with Crippen LogP contribution in [0.15, 0.2) is 48.8 Å². The highest BCUT2D eigenvalue weighted by molar-refractivity contribution is 5.58. The first kappa shape index (κ1) is 14.9. The molecule has 0 spiro atoms. The number of carbonyl (C=O) groups is 1. The lowest BCUT2D eigenvalue weighted by Gasteiger charge is -2.05. The van der Waals surface area contributed by atoms with Crippen molar-refractivity contribution in [2.24, 2.45) is 5.92 Å². The first-order valence-electron chi connectivity index (χ1n) is 7.39. The monoisotopic (exact) mass is 307 g/mol. The second-order valence-electron chi connectivity index (χ2n) is 5.32. The highest BCUT2D eigenvalue weighted by Crippen LogP contribution is 2.18. The van der Waals surface area contributed by atoms with Crippen LogP contribution < -0.4 is 5.32 Å². The number of anilines is 2. The summed E-state index contributed by atoms with van der Waals surface area (Å²) in [5.74, 6) is 1.23. The van der Waals surface area contributed by atoms with E-state index in [4.69, 9.17) is 0 Å². The first-order chi connectivity index (χ1) is 11.2. The first-order valence-corrected chi connectivity index (χ1v) is 7.39. The number of nitrogens with zero attached hydrogens (tertiary/aromatic N) is 3. The molecule has 0 aliphatic carbocycles. The average molecular weight is 307 g/mol. The zero-order chi connectivity index (χ0) is 16.1. The van der Waals surface area contributed by atoms with Crippen LogP contribution in [0.3, 0.4) is 0 Å². The standard InChI is InChI=1S/C17H17N5O/c1-12(11-23)9-16-19-10-15(21-16)14-7-8-18-17(22-14)20-13-5-3-2-4-6-13/h2-8,10-12H,9H2,1H3,(H,19,21)(H,18,20,22). The average Bonchev–Trinajstić information content (AvgIpc) is 3.04. The number of imidazole rings is 1. The predicted molar refractivity (Wildman–Crippen MR) is 88.3 cm³/mol. The van der Waals surface area contributed by atoms with E-state index in [2.05, 4.69) is 25.3 Å². The zero-order valence-electron chi connectivity index (χ0n) is 12.7. The second-order valence-corrected chi connectivity index (χ2v) is 5.32. The number of benzene rings is 1. The van der Waals surface area contributed by atoms with Gasteiger partial charge in [0.1, 0.15) is 12.1 Å². The maximum absolute atomic E-state index is 10.7. The third-order valence-corrected chi connectivity index (χ3v) is 3.34. The van der Waals surface area contributed by atoms with Gasteiger partial charge in [-0.1, -0.05) is 25.1 Å². The van der Waals surface area contributed by atoms with Crippen molar-refractivity contribution in [3.05, 3.63) is 54.6 Å². The Bertz CT molecular complexity index is 784. The minimum Gasteiger partial charge on any atom is -0.341 e. The molecular weight excluding hydrogens is 290 g/mol. The van der Waals surface area contributed by atoms with Crippen LogP contribution in [0.25, 0.3) is 11.4 Å². The Kier molecular flexibility index (Phi) is 4.42. The smallest absolute Gasteiger partial charge is 0.227 e. The number of carbonyl (C=O) groups excluding carboxylic acids is 1. The molecule has 2 aromatic heterocycles. The number of aromatic amines is 1. The van der Waals surface area contributed by atoms with E-state index in [9.17, 15) is 4.79 Å². The number of H-pyrrole nitrogens is 1. The Labute approximate surface area is 134 Å². The zero-order valence-corrected chi connectivity index (χ0v) is 12.7. The van der Waals surface area contributed by atoms with Gasteiger partial charge >= 0.3 is 0 Å². The van der Waals surface area contributed by atoms with Crippen LogP contribution >= 0.6 is 0 Å². The lowest BCUT2D eigenvalue weighted by atomic mass is 10.1. The van der Waals surface area contributed by atoms with Gasteiger partial charge in [0.2, 0.25) is 5.95 Å². The molecule has 116 valence electrons. The van der Waals surface area contributed by atoms with E-state index in [1.807, 2.05) is 43.3 Å². The molecule has 1 aromatic carbocycles. The predicted octanol–water partition coefficient (Wildman–Crippen LogP) is 2.99. The molecular formula is C17H17N5O. The number of aromatic nitrogens is 4. The summed E-state index contributed by atoms with van der Waals surface area (Å²) in [6, 6.07) is 11.6. The van der Waals surface area contributed by atoms with Gasteiger partial charge in [0, 0.05) is 24.2 Å². The molecule has 2 N–H and O–H groups in total. The topological polar surface area (TPSA) is 83.6 Å². The van der Waals surface area contributed by atoms with E-state index < -0.39 is 0 Å². The van der Waals surface area contributed by atoms with Gasteiger partial charge in [-0.15, -0.1) is 0 Å². The fourth-order valence-electron chi connectivity index (χ4n) is 2.17. The molecule has 1 unspecified atom stereocenters. The van der Waals surface area contributed by atoms with Crippen molar-refractivity contribution >= 4 is 17.9 Å². The molecule has 0 saturated heterocycles. The molecule has 0 bridgehead atoms. The van der Waals surface area contributed by atoms with Crippen LogP contribution in [0, 0.1) is 5.92 Å². The van der Waals surface area contributed by atoms with Crippen LogP contribution in [-0.2, 0) is 11.2 Å². The lowest BCUT2D eigenvalue weighted by molar-refractivity contribution is -0.110. The normalized spacial score (nSPS) is 11.9. The van der Waals surface area contributed by atoms with Crippen LogP contribution in [0.2, 0.25) is 0 Å². The fourth-order valence-corrected chi connectivity index (χ4v) is 2.17. The molecule has 3 aromatic rings. The Balaban J connectivity index is 1.78. The van der Waals surface area contributed by atoms with E-state index >= 15 is 0 Å². The molecule has 0 radical (unpaired) electrons. The highest BCUT2D eigenvalue weighted by atomic mass is 16.1. The Morgan fingerprint density at radius 2 is 2.04 bits per heavy atom. The van der Waals surface area contributed by atoms with Crippen LogP contribution in [0.4, 0.5) is 11.6 Å². The Hall–Kier alpha value is -3.02. The molecule has 3 rings (SSSR count). The van der Waals surface area contributed by atoms with E-state index in [-0.39, 0.29) is 5.92 Å². The van der Waals surface area contributed by atoms with Crippen LogP contribution in [0.5, 0.6) is 0 Å². The highest BCUT2D eigenvalue weighted by Gasteiger charge is 2.09. The molecule has 0 amide bonds. The number of nitrogens with one attached hydrogen (secondary N) is 2. The van der Waals surface area contributed by atoms with Gasteiger partial charge in [-0.25, -0.2) is 15.0 Å². The van der Waals surface area contributed by atoms with Gasteiger partial charge in [-0.05, 0) is 18.2 Å². The number of hydrogen-bond acceptors (Lipinski definition) is 5. The van der Waals surface area contributed by atoms with Crippen molar-refractivity contribution in [2.75, 3.05) is 5.32 Å². The van der Waals surface area contributed by atoms with E-state index in [0.29, 0.717) is 12.4 Å². The molecule has 2 heterocycles. The number of para-hydroxylation sites is 1. The van der Waals surface area contributed by atoms with Gasteiger partial charge < -0.3 is 15.1 Å². The minimum atomic E-state index is -0.0605. The summed E-state index contributed by atoms with van der Waals surface area (Å²) in [7, 11) is 0. The van der Waals surface area contributed by atoms with Crippen molar-refractivity contribution in [3.63, 3.8) is 0 Å². The van der Waals surface area contributed by atoms with E-state index in [1.165, 1.54) is 0 Å². The van der Waals surface area contributed by atoms with Crippen LogP contribution in [-0.4, -0.2) is 26.2 Å². The summed E-state index contributed by atoms with van der Waals surface area (Å²) >= 11 is 0. The Morgan fingerprint density at radius 3 is 2.83 bits per heavy atom. The molecule has 6 nitrogen and oxygen atoms in total. The van der Waals surface area contributed by atoms with Crippen molar-refractivity contribution in [2.45, 2.75) is 13.3 Å². The molecule has 1 atom stereocenters. The van der Waals surface area contributed by atoms with Gasteiger partial charge in [0.15, 0.2) is 0 Å². The minimum absolute atomic E-state index is 0.0605. The molecule has 0 saturated carbocycles. The third kappa shape index (κ3) is 3.79. The van der Waals surface area contributed by atoms with Crippen molar-refractivity contribution < 1.29 is 4.79 Å². The van der Waals surface area contributed by atoms with Gasteiger partial charge in [0.25, 0.3) is 0 Å². The lowest BCUT2D eigenvalue weighted by Crippen LogP contribution is -2.02. The molecule has 6 heteroatoms. The van der Waals surface area contributed by atoms with E-state index in [1.54, 1.807) is 12.4 Å². The molecule has 0 fully saturated rings. The maximum Gasteiger partial charge on any atom is 0.227 e. The van der Waals surface area contributed by atoms with Crippen LogP contribution in [0.1, 0.15) is 12.7 Å². The largest absolute Gasteiger partial charge is 0.341 e. The van der Waals surface area contributed by atoms with Gasteiger partial charge in [0.05, 0.1) is 17.6 Å². The molecule has 0 aliphatic heterocycles. The van der Waals surface area contributed by atoms with Gasteiger partial charge in [-0.3, -0.25) is 0 Å². The summed E-state index contributed by atoms with van der Waals surface area (Å²) in [6.45, 7) is 1.86. The Morgan fingerprint density at radius 1 is 1.22 bits per heavy atom. The summed E-state index contributed by atoms with van der Waals surface area (Å²) in [5, 5.41) is 3.16. The number of aldehydes is 1.